The Hall–Kier alpha value is -1.00. The second kappa shape index (κ2) is 5.56. The van der Waals surface area contributed by atoms with E-state index in [1.807, 2.05) is 36.1 Å². The number of benzene rings is 1. The van der Waals surface area contributed by atoms with Crippen molar-refractivity contribution in [3.05, 3.63) is 35.4 Å². The summed E-state index contributed by atoms with van der Waals surface area (Å²) in [5, 5.41) is 0. The van der Waals surface area contributed by atoms with Crippen LogP contribution in [0.5, 0.6) is 0 Å². The molecule has 0 radical (unpaired) electrons. The molecule has 1 amide bonds. The standard InChI is InChI=1S/C13H18N2OS/c1-11-4-3-5-12(10-11)13(16)14-6-8-15(17-2)9-7-14/h3-5,10H,6-9H2,1-2H3. The molecule has 17 heavy (non-hydrogen) atoms. The van der Waals surface area contributed by atoms with Gasteiger partial charge in [-0.1, -0.05) is 29.6 Å². The van der Waals surface area contributed by atoms with Gasteiger partial charge >= 0.3 is 0 Å². The molecule has 1 heterocycles. The lowest BCUT2D eigenvalue weighted by molar-refractivity contribution is 0.0704. The normalized spacial score (nSPS) is 17.2. The van der Waals surface area contributed by atoms with E-state index in [2.05, 4.69) is 10.6 Å². The predicted octanol–water partition coefficient (Wildman–Crippen LogP) is 2.03. The van der Waals surface area contributed by atoms with Crippen LogP contribution in [0.2, 0.25) is 0 Å². The van der Waals surface area contributed by atoms with Gasteiger partial charge in [0.05, 0.1) is 0 Å². The zero-order chi connectivity index (χ0) is 12.3. The van der Waals surface area contributed by atoms with Crippen molar-refractivity contribution >= 4 is 17.9 Å². The lowest BCUT2D eigenvalue weighted by Gasteiger charge is -2.33. The van der Waals surface area contributed by atoms with E-state index in [0.717, 1.165) is 37.3 Å². The van der Waals surface area contributed by atoms with E-state index in [1.54, 1.807) is 11.9 Å². The fourth-order valence-corrected chi connectivity index (χ4v) is 2.56. The molecule has 0 atom stereocenters. The Balaban J connectivity index is 2.02. The number of amides is 1. The molecule has 1 aliphatic rings. The minimum absolute atomic E-state index is 0.162. The summed E-state index contributed by atoms with van der Waals surface area (Å²) >= 11 is 1.75. The maximum absolute atomic E-state index is 12.2. The number of hydrogen-bond acceptors (Lipinski definition) is 3. The first-order valence-electron chi connectivity index (χ1n) is 5.85. The van der Waals surface area contributed by atoms with E-state index in [0.29, 0.717) is 0 Å². The third kappa shape index (κ3) is 3.01. The highest BCUT2D eigenvalue weighted by Gasteiger charge is 2.21. The van der Waals surface area contributed by atoms with Crippen molar-refractivity contribution in [3.63, 3.8) is 0 Å². The molecule has 92 valence electrons. The molecule has 0 unspecified atom stereocenters. The van der Waals surface area contributed by atoms with Crippen LogP contribution in [0.1, 0.15) is 15.9 Å². The Bertz CT molecular complexity index is 400. The van der Waals surface area contributed by atoms with Crippen LogP contribution in [0.25, 0.3) is 0 Å². The molecule has 2 rings (SSSR count). The molecule has 1 aromatic rings. The van der Waals surface area contributed by atoms with Gasteiger partial charge in [-0.15, -0.1) is 0 Å². The number of hydrogen-bond donors (Lipinski definition) is 0. The Morgan fingerprint density at radius 1 is 1.24 bits per heavy atom. The number of piperazine rings is 1. The van der Waals surface area contributed by atoms with Gasteiger partial charge in [-0.25, -0.2) is 4.31 Å². The van der Waals surface area contributed by atoms with Crippen molar-refractivity contribution in [1.29, 1.82) is 0 Å². The average Bonchev–Trinajstić information content (AvgIpc) is 2.38. The minimum Gasteiger partial charge on any atom is -0.336 e. The van der Waals surface area contributed by atoms with Crippen LogP contribution < -0.4 is 0 Å². The molecule has 1 saturated heterocycles. The van der Waals surface area contributed by atoms with Crippen molar-refractivity contribution in [2.75, 3.05) is 32.4 Å². The van der Waals surface area contributed by atoms with Gasteiger partial charge in [0.2, 0.25) is 0 Å². The molecule has 0 bridgehead atoms. The fraction of sp³-hybridized carbons (Fsp3) is 0.462. The summed E-state index contributed by atoms with van der Waals surface area (Å²) in [5.41, 5.74) is 1.95. The zero-order valence-electron chi connectivity index (χ0n) is 10.3. The van der Waals surface area contributed by atoms with Gasteiger partial charge in [0.15, 0.2) is 0 Å². The highest BCUT2D eigenvalue weighted by Crippen LogP contribution is 2.13. The molecule has 1 fully saturated rings. The smallest absolute Gasteiger partial charge is 0.253 e. The fourth-order valence-electron chi connectivity index (χ4n) is 2.03. The molecular formula is C13H18N2OS. The third-order valence-electron chi connectivity index (χ3n) is 3.05. The maximum atomic E-state index is 12.2. The first kappa shape index (κ1) is 12.5. The number of nitrogens with zero attached hydrogens (tertiary/aromatic N) is 2. The molecule has 0 N–H and O–H groups in total. The molecule has 0 saturated carbocycles. The summed E-state index contributed by atoms with van der Waals surface area (Å²) < 4.78 is 2.29. The van der Waals surface area contributed by atoms with E-state index >= 15 is 0 Å². The molecule has 0 aromatic heterocycles. The first-order valence-corrected chi connectivity index (χ1v) is 7.04. The Labute approximate surface area is 107 Å². The van der Waals surface area contributed by atoms with Crippen LogP contribution in [0.15, 0.2) is 24.3 Å². The maximum Gasteiger partial charge on any atom is 0.253 e. The van der Waals surface area contributed by atoms with Crippen LogP contribution >= 0.6 is 11.9 Å². The summed E-state index contributed by atoms with van der Waals surface area (Å²) in [6, 6.07) is 7.82. The minimum atomic E-state index is 0.162. The first-order chi connectivity index (χ1) is 8.20. The molecule has 3 nitrogen and oxygen atoms in total. The summed E-state index contributed by atoms with van der Waals surface area (Å²) in [7, 11) is 0. The van der Waals surface area contributed by atoms with Gasteiger partial charge in [-0.2, -0.15) is 0 Å². The van der Waals surface area contributed by atoms with Crippen LogP contribution in [0.4, 0.5) is 0 Å². The molecule has 4 heteroatoms. The predicted molar refractivity (Wildman–Crippen MR) is 72.2 cm³/mol. The number of carbonyl (C=O) groups excluding carboxylic acids is 1. The van der Waals surface area contributed by atoms with Gasteiger partial charge in [-0.05, 0) is 25.3 Å². The molecule has 1 aromatic carbocycles. The summed E-state index contributed by atoms with van der Waals surface area (Å²) in [6.07, 6.45) is 2.08. The van der Waals surface area contributed by atoms with Crippen LogP contribution in [-0.4, -0.2) is 47.5 Å². The summed E-state index contributed by atoms with van der Waals surface area (Å²) in [5.74, 6) is 0.162. The largest absolute Gasteiger partial charge is 0.336 e. The van der Waals surface area contributed by atoms with Gasteiger partial charge in [0.25, 0.3) is 5.91 Å². The van der Waals surface area contributed by atoms with E-state index < -0.39 is 0 Å². The molecular weight excluding hydrogens is 232 g/mol. The summed E-state index contributed by atoms with van der Waals surface area (Å²) in [6.45, 7) is 5.58. The van der Waals surface area contributed by atoms with Crippen molar-refractivity contribution in [2.45, 2.75) is 6.92 Å². The van der Waals surface area contributed by atoms with Gasteiger partial charge in [0, 0.05) is 31.7 Å². The van der Waals surface area contributed by atoms with Crippen LogP contribution in [0, 0.1) is 6.92 Å². The van der Waals surface area contributed by atoms with Gasteiger partial charge in [-0.3, -0.25) is 4.79 Å². The van der Waals surface area contributed by atoms with Crippen molar-refractivity contribution in [2.24, 2.45) is 0 Å². The van der Waals surface area contributed by atoms with E-state index in [9.17, 15) is 4.79 Å². The second-order valence-electron chi connectivity index (χ2n) is 4.27. The second-order valence-corrected chi connectivity index (χ2v) is 5.15. The Kier molecular flexibility index (Phi) is 4.07. The molecule has 0 spiro atoms. The van der Waals surface area contributed by atoms with E-state index in [4.69, 9.17) is 0 Å². The van der Waals surface area contributed by atoms with Crippen molar-refractivity contribution < 1.29 is 4.79 Å². The average molecular weight is 250 g/mol. The Morgan fingerprint density at radius 2 is 1.94 bits per heavy atom. The van der Waals surface area contributed by atoms with Gasteiger partial charge in [0.1, 0.15) is 0 Å². The quantitative estimate of drug-likeness (QED) is 0.750. The van der Waals surface area contributed by atoms with Crippen molar-refractivity contribution in [1.82, 2.24) is 9.21 Å². The highest BCUT2D eigenvalue weighted by molar-refractivity contribution is 7.96. The summed E-state index contributed by atoms with van der Waals surface area (Å²) in [4.78, 5) is 14.2. The van der Waals surface area contributed by atoms with Crippen LogP contribution in [0.3, 0.4) is 0 Å². The van der Waals surface area contributed by atoms with E-state index in [1.165, 1.54) is 0 Å². The van der Waals surface area contributed by atoms with Crippen molar-refractivity contribution in [3.8, 4) is 0 Å². The van der Waals surface area contributed by atoms with Gasteiger partial charge < -0.3 is 4.90 Å². The zero-order valence-corrected chi connectivity index (χ0v) is 11.2. The number of rotatable bonds is 2. The third-order valence-corrected chi connectivity index (χ3v) is 3.93. The van der Waals surface area contributed by atoms with Crippen LogP contribution in [-0.2, 0) is 0 Å². The topological polar surface area (TPSA) is 23.6 Å². The Morgan fingerprint density at radius 3 is 2.53 bits per heavy atom. The lowest BCUT2D eigenvalue weighted by atomic mass is 10.1. The monoisotopic (exact) mass is 250 g/mol. The van der Waals surface area contributed by atoms with E-state index in [-0.39, 0.29) is 5.91 Å². The number of aryl methyl sites for hydroxylation is 1. The SMILES string of the molecule is CSN1CCN(C(=O)c2cccc(C)c2)CC1. The molecule has 1 aliphatic heterocycles. The molecule has 0 aliphatic carbocycles. The lowest BCUT2D eigenvalue weighted by Crippen LogP contribution is -2.46. The number of carbonyl (C=O) groups is 1. The highest BCUT2D eigenvalue weighted by atomic mass is 32.2.